The molecule has 0 bridgehead atoms. The zero-order valence-electron chi connectivity index (χ0n) is 14.1. The fourth-order valence-electron chi connectivity index (χ4n) is 2.52. The van der Waals surface area contributed by atoms with Crippen LogP contribution in [0.2, 0.25) is 0 Å². The number of nitrogen functional groups attached to an aromatic ring is 1. The van der Waals surface area contributed by atoms with Crippen molar-refractivity contribution in [3.05, 3.63) is 35.2 Å². The normalized spacial score (nSPS) is 11.5. The Morgan fingerprint density at radius 1 is 1.52 bits per heavy atom. The number of carbonyl (C=O) groups is 1. The van der Waals surface area contributed by atoms with Crippen LogP contribution >= 0.6 is 23.1 Å². The smallest absolute Gasteiger partial charge is 0.167 e. The molecular weight excluding hydrogens is 356 g/mol. The molecule has 0 aliphatic heterocycles. The second kappa shape index (κ2) is 7.24. The van der Waals surface area contributed by atoms with E-state index in [-0.39, 0.29) is 0 Å². The van der Waals surface area contributed by atoms with Gasteiger partial charge in [0, 0.05) is 25.9 Å². The molecule has 3 rings (SSSR count). The third-order valence-electron chi connectivity index (χ3n) is 3.72. The van der Waals surface area contributed by atoms with Gasteiger partial charge in [-0.05, 0) is 24.0 Å². The van der Waals surface area contributed by atoms with Crippen LogP contribution in [0.25, 0.3) is 10.3 Å². The highest BCUT2D eigenvalue weighted by Crippen LogP contribution is 2.32. The Balaban J connectivity index is 1.89. The number of fused-ring (bicyclic) bond motifs is 1. The van der Waals surface area contributed by atoms with Crippen molar-refractivity contribution in [1.29, 1.82) is 0 Å². The first-order valence-electron chi connectivity index (χ1n) is 7.47. The molecule has 3 aromatic heterocycles. The summed E-state index contributed by atoms with van der Waals surface area (Å²) in [4.78, 5) is 20.0. The minimum atomic E-state index is 0.483. The Labute approximate surface area is 153 Å². The molecule has 0 spiro atoms. The maximum absolute atomic E-state index is 11.5. The molecule has 130 valence electrons. The molecule has 0 radical (unpaired) electrons. The van der Waals surface area contributed by atoms with Gasteiger partial charge in [-0.1, -0.05) is 11.8 Å². The molecular formula is C16H18N6OS2. The van der Waals surface area contributed by atoms with Gasteiger partial charge in [0.2, 0.25) is 0 Å². The third kappa shape index (κ3) is 3.52. The van der Waals surface area contributed by atoms with Crippen LogP contribution in [0.5, 0.6) is 0 Å². The highest BCUT2D eigenvalue weighted by atomic mass is 32.2. The second-order valence-electron chi connectivity index (χ2n) is 5.46. The number of hydrogen-bond acceptors (Lipinski definition) is 8. The lowest BCUT2D eigenvalue weighted by atomic mass is 10.2. The number of aromatic nitrogens is 3. The summed E-state index contributed by atoms with van der Waals surface area (Å²) in [6.07, 6.45) is 6.23. The molecule has 0 unspecified atom stereocenters. The van der Waals surface area contributed by atoms with Crippen molar-refractivity contribution in [2.24, 2.45) is 12.1 Å². The van der Waals surface area contributed by atoms with Gasteiger partial charge in [0.25, 0.3) is 0 Å². The zero-order valence-corrected chi connectivity index (χ0v) is 15.8. The Kier molecular flexibility index (Phi) is 5.05. The lowest BCUT2D eigenvalue weighted by molar-refractivity contribution is 0.111. The van der Waals surface area contributed by atoms with Crippen molar-refractivity contribution in [2.45, 2.75) is 10.9 Å². The van der Waals surface area contributed by atoms with Crippen molar-refractivity contribution in [1.82, 2.24) is 19.5 Å². The quantitative estimate of drug-likeness (QED) is 0.309. The van der Waals surface area contributed by atoms with E-state index in [4.69, 9.17) is 5.73 Å². The minimum Gasteiger partial charge on any atom is -0.384 e. The van der Waals surface area contributed by atoms with Crippen molar-refractivity contribution >= 4 is 51.8 Å². The van der Waals surface area contributed by atoms with Crippen LogP contribution in [-0.2, 0) is 13.6 Å². The Bertz CT molecular complexity index is 946. The van der Waals surface area contributed by atoms with Gasteiger partial charge < -0.3 is 10.3 Å². The number of nitrogens with two attached hydrogens (primary N) is 1. The number of aryl methyl sites for hydroxylation is 1. The summed E-state index contributed by atoms with van der Waals surface area (Å²) < 4.78 is 3.75. The first-order chi connectivity index (χ1) is 12.0. The van der Waals surface area contributed by atoms with Crippen LogP contribution in [0.4, 0.5) is 5.82 Å². The van der Waals surface area contributed by atoms with Crippen molar-refractivity contribution in [2.75, 3.05) is 19.0 Å². The number of rotatable bonds is 6. The van der Waals surface area contributed by atoms with Gasteiger partial charge in [-0.3, -0.25) is 9.80 Å². The number of carbonyl (C=O) groups excluding carboxylic acids is 1. The molecule has 0 aliphatic carbocycles. The molecule has 0 amide bonds. The number of hydrazone groups is 1. The van der Waals surface area contributed by atoms with E-state index in [1.165, 1.54) is 0 Å². The summed E-state index contributed by atoms with van der Waals surface area (Å²) in [5.41, 5.74) is 8.90. The SMILES string of the molecule is CSc1nc2c(s1)c(/C=N\N(C)Cc1ccnc(N)c1)c(C=O)n2C. The van der Waals surface area contributed by atoms with Crippen LogP contribution in [0.3, 0.4) is 0 Å². The summed E-state index contributed by atoms with van der Waals surface area (Å²) in [5, 5.41) is 6.26. The number of thioether (sulfide) groups is 1. The Morgan fingerprint density at radius 3 is 3.00 bits per heavy atom. The van der Waals surface area contributed by atoms with Gasteiger partial charge in [0.15, 0.2) is 16.3 Å². The van der Waals surface area contributed by atoms with Crippen LogP contribution in [0.15, 0.2) is 27.8 Å². The fraction of sp³-hybridized carbons (Fsp3) is 0.250. The van der Waals surface area contributed by atoms with E-state index in [2.05, 4.69) is 15.1 Å². The Morgan fingerprint density at radius 2 is 2.32 bits per heavy atom. The van der Waals surface area contributed by atoms with E-state index >= 15 is 0 Å². The van der Waals surface area contributed by atoms with E-state index in [0.29, 0.717) is 18.1 Å². The molecule has 0 saturated heterocycles. The summed E-state index contributed by atoms with van der Waals surface area (Å²) >= 11 is 3.16. The lowest BCUT2D eigenvalue weighted by Gasteiger charge is -2.12. The number of pyridine rings is 1. The van der Waals surface area contributed by atoms with Crippen molar-refractivity contribution < 1.29 is 4.79 Å². The van der Waals surface area contributed by atoms with E-state index in [0.717, 1.165) is 32.1 Å². The largest absolute Gasteiger partial charge is 0.384 e. The van der Waals surface area contributed by atoms with Crippen molar-refractivity contribution in [3.63, 3.8) is 0 Å². The minimum absolute atomic E-state index is 0.483. The number of hydrogen-bond donors (Lipinski definition) is 1. The first-order valence-corrected chi connectivity index (χ1v) is 9.51. The maximum Gasteiger partial charge on any atom is 0.167 e. The second-order valence-corrected chi connectivity index (χ2v) is 7.51. The number of aldehydes is 1. The molecule has 25 heavy (non-hydrogen) atoms. The molecule has 2 N–H and O–H groups in total. The molecule has 7 nitrogen and oxygen atoms in total. The summed E-state index contributed by atoms with van der Waals surface area (Å²) in [6, 6.07) is 3.71. The molecule has 9 heteroatoms. The van der Waals surface area contributed by atoms with E-state index < -0.39 is 0 Å². The summed E-state index contributed by atoms with van der Waals surface area (Å²) in [5.74, 6) is 0.483. The van der Waals surface area contributed by atoms with Crippen LogP contribution in [0, 0.1) is 0 Å². The van der Waals surface area contributed by atoms with E-state index in [1.54, 1.807) is 40.5 Å². The third-order valence-corrected chi connectivity index (χ3v) is 5.78. The summed E-state index contributed by atoms with van der Waals surface area (Å²) in [7, 11) is 3.71. The monoisotopic (exact) mass is 374 g/mol. The van der Waals surface area contributed by atoms with Gasteiger partial charge in [-0.2, -0.15) is 5.10 Å². The van der Waals surface area contributed by atoms with Gasteiger partial charge in [-0.25, -0.2) is 9.97 Å². The average molecular weight is 374 g/mol. The maximum atomic E-state index is 11.5. The predicted molar refractivity (Wildman–Crippen MR) is 103 cm³/mol. The van der Waals surface area contributed by atoms with Gasteiger partial charge in [-0.15, -0.1) is 11.3 Å². The van der Waals surface area contributed by atoms with E-state index in [1.807, 2.05) is 37.1 Å². The van der Waals surface area contributed by atoms with Gasteiger partial charge in [0.05, 0.1) is 23.2 Å². The number of nitrogens with zero attached hydrogens (tertiary/aromatic N) is 5. The molecule has 0 aromatic carbocycles. The van der Waals surface area contributed by atoms with Crippen molar-refractivity contribution in [3.8, 4) is 0 Å². The standard InChI is InChI=1S/C16H18N6OS2/c1-21(8-10-4-5-18-13(17)6-10)19-7-11-12(9-23)22(2)15-14(11)25-16(20-15)24-3/h4-7,9H,8H2,1-3H3,(H2,17,18)/b19-7-. The molecule has 0 aliphatic rings. The predicted octanol–water partition coefficient (Wildman–Crippen LogP) is 2.61. The topological polar surface area (TPSA) is 89.4 Å². The number of thiazole rings is 1. The van der Waals surface area contributed by atoms with Gasteiger partial charge >= 0.3 is 0 Å². The lowest BCUT2D eigenvalue weighted by Crippen LogP contribution is -2.11. The van der Waals surface area contributed by atoms with Crippen LogP contribution in [0.1, 0.15) is 21.6 Å². The Hall–Kier alpha value is -2.39. The molecule has 0 saturated carbocycles. The van der Waals surface area contributed by atoms with Crippen LogP contribution in [-0.4, -0.2) is 45.3 Å². The molecule has 3 aromatic rings. The molecule has 0 atom stereocenters. The zero-order chi connectivity index (χ0) is 18.0. The highest BCUT2D eigenvalue weighted by molar-refractivity contribution is 8.00. The fourth-order valence-corrected chi connectivity index (χ4v) is 4.12. The first kappa shape index (κ1) is 17.4. The van der Waals surface area contributed by atoms with Crippen LogP contribution < -0.4 is 5.73 Å². The average Bonchev–Trinajstić information content (AvgIpc) is 3.11. The summed E-state index contributed by atoms with van der Waals surface area (Å²) in [6.45, 7) is 0.592. The molecule has 3 heterocycles. The number of anilines is 1. The highest BCUT2D eigenvalue weighted by Gasteiger charge is 2.18. The van der Waals surface area contributed by atoms with Gasteiger partial charge in [0.1, 0.15) is 5.82 Å². The van der Waals surface area contributed by atoms with E-state index in [9.17, 15) is 4.79 Å². The molecule has 0 fully saturated rings.